The van der Waals surface area contributed by atoms with Gasteiger partial charge in [-0.1, -0.05) is 36.4 Å². The summed E-state index contributed by atoms with van der Waals surface area (Å²) in [6, 6.07) is 14.8. The number of benzene rings is 2. The monoisotopic (exact) mass is 352 g/mol. The van der Waals surface area contributed by atoms with E-state index in [1.807, 2.05) is 30.3 Å². The first-order valence-corrected chi connectivity index (χ1v) is 9.09. The number of hydrogen-bond donors (Lipinski definition) is 3. The number of para-hydroxylation sites is 1. The first-order valence-electron chi connectivity index (χ1n) is 9.09. The number of aliphatic hydroxyl groups excluding tert-OH is 1. The van der Waals surface area contributed by atoms with Crippen LogP contribution in [-0.4, -0.2) is 37.3 Å². The topological polar surface area (TPSA) is 70.6 Å². The van der Waals surface area contributed by atoms with Crippen LogP contribution >= 0.6 is 0 Å². The highest BCUT2D eigenvalue weighted by atomic mass is 16.5. The third-order valence-electron chi connectivity index (χ3n) is 5.85. The molecule has 4 rings (SSSR count). The first kappa shape index (κ1) is 17.1. The van der Waals surface area contributed by atoms with Crippen molar-refractivity contribution in [2.75, 3.05) is 20.2 Å². The molecule has 26 heavy (non-hydrogen) atoms. The van der Waals surface area contributed by atoms with Crippen LogP contribution in [0, 0.1) is 0 Å². The third kappa shape index (κ3) is 2.59. The molecule has 2 aromatic rings. The van der Waals surface area contributed by atoms with Crippen molar-refractivity contribution in [3.63, 3.8) is 0 Å². The predicted octanol–water partition coefficient (Wildman–Crippen LogP) is 2.16. The Balaban J connectivity index is 1.68. The SMILES string of the molecule is COc1ccccc1C(=O)N[C@@H]1c2ccccc2C2(CCNCC2)[C@H]1O. The summed E-state index contributed by atoms with van der Waals surface area (Å²) in [7, 11) is 1.55. The molecule has 0 bridgehead atoms. The number of amides is 1. The fraction of sp³-hybridized carbons (Fsp3) is 0.381. The van der Waals surface area contributed by atoms with Crippen LogP contribution in [0.4, 0.5) is 0 Å². The summed E-state index contributed by atoms with van der Waals surface area (Å²) in [6.07, 6.45) is 1.10. The van der Waals surface area contributed by atoms with Gasteiger partial charge in [0.1, 0.15) is 5.75 Å². The Labute approximate surface area is 153 Å². The van der Waals surface area contributed by atoms with Gasteiger partial charge in [-0.05, 0) is 49.2 Å². The maximum Gasteiger partial charge on any atom is 0.255 e. The summed E-state index contributed by atoms with van der Waals surface area (Å²) >= 11 is 0. The number of carbonyl (C=O) groups excluding carboxylic acids is 1. The van der Waals surface area contributed by atoms with Gasteiger partial charge in [0.2, 0.25) is 0 Å². The van der Waals surface area contributed by atoms with Crippen LogP contribution in [0.25, 0.3) is 0 Å². The van der Waals surface area contributed by atoms with Gasteiger partial charge < -0.3 is 20.5 Å². The fourth-order valence-electron chi connectivity index (χ4n) is 4.52. The second-order valence-corrected chi connectivity index (χ2v) is 7.09. The maximum atomic E-state index is 12.9. The minimum absolute atomic E-state index is 0.229. The molecular formula is C21H24N2O3. The van der Waals surface area contributed by atoms with Gasteiger partial charge in [0.15, 0.2) is 0 Å². The van der Waals surface area contributed by atoms with Crippen molar-refractivity contribution in [1.82, 2.24) is 10.6 Å². The van der Waals surface area contributed by atoms with E-state index in [0.29, 0.717) is 11.3 Å². The molecular weight excluding hydrogens is 328 g/mol. The Morgan fingerprint density at radius 1 is 1.15 bits per heavy atom. The third-order valence-corrected chi connectivity index (χ3v) is 5.85. The number of aliphatic hydroxyl groups is 1. The van der Waals surface area contributed by atoms with Gasteiger partial charge in [-0.2, -0.15) is 0 Å². The predicted molar refractivity (Wildman–Crippen MR) is 99.4 cm³/mol. The van der Waals surface area contributed by atoms with E-state index in [-0.39, 0.29) is 11.3 Å². The molecule has 2 aromatic carbocycles. The summed E-state index contributed by atoms with van der Waals surface area (Å²) < 4.78 is 5.31. The summed E-state index contributed by atoms with van der Waals surface area (Å²) in [5, 5.41) is 17.7. The molecule has 5 nitrogen and oxygen atoms in total. The van der Waals surface area contributed by atoms with Crippen LogP contribution in [-0.2, 0) is 5.41 Å². The van der Waals surface area contributed by atoms with Crippen molar-refractivity contribution in [3.05, 3.63) is 65.2 Å². The van der Waals surface area contributed by atoms with Crippen LogP contribution in [0.5, 0.6) is 5.75 Å². The number of fused-ring (bicyclic) bond motifs is 2. The van der Waals surface area contributed by atoms with Gasteiger partial charge in [-0.25, -0.2) is 0 Å². The van der Waals surface area contributed by atoms with E-state index in [1.54, 1.807) is 19.2 Å². The molecule has 136 valence electrons. The second kappa shape index (κ2) is 6.74. The minimum atomic E-state index is -0.638. The smallest absolute Gasteiger partial charge is 0.255 e. The Morgan fingerprint density at radius 2 is 1.85 bits per heavy atom. The van der Waals surface area contributed by atoms with Gasteiger partial charge in [0.05, 0.1) is 24.8 Å². The van der Waals surface area contributed by atoms with Crippen LogP contribution in [0.3, 0.4) is 0 Å². The van der Waals surface area contributed by atoms with Crippen molar-refractivity contribution in [2.45, 2.75) is 30.4 Å². The Morgan fingerprint density at radius 3 is 2.62 bits per heavy atom. The van der Waals surface area contributed by atoms with Crippen molar-refractivity contribution < 1.29 is 14.6 Å². The van der Waals surface area contributed by atoms with Crippen molar-refractivity contribution in [3.8, 4) is 5.75 Å². The number of methoxy groups -OCH3 is 1. The average molecular weight is 352 g/mol. The number of piperidine rings is 1. The van der Waals surface area contributed by atoms with Gasteiger partial charge >= 0.3 is 0 Å². The van der Waals surface area contributed by atoms with Gasteiger partial charge in [-0.15, -0.1) is 0 Å². The largest absolute Gasteiger partial charge is 0.496 e. The highest BCUT2D eigenvalue weighted by Crippen LogP contribution is 2.50. The lowest BCUT2D eigenvalue weighted by molar-refractivity contribution is 0.0417. The van der Waals surface area contributed by atoms with Gasteiger partial charge in [0, 0.05) is 5.41 Å². The average Bonchev–Trinajstić information content (AvgIpc) is 2.91. The number of ether oxygens (including phenoxy) is 1. The van der Waals surface area contributed by atoms with Gasteiger partial charge in [-0.3, -0.25) is 4.79 Å². The van der Waals surface area contributed by atoms with Crippen molar-refractivity contribution >= 4 is 5.91 Å². The number of carbonyl (C=O) groups is 1. The molecule has 1 heterocycles. The molecule has 0 saturated carbocycles. The molecule has 0 aromatic heterocycles. The Hall–Kier alpha value is -2.37. The molecule has 1 aliphatic heterocycles. The van der Waals surface area contributed by atoms with E-state index in [2.05, 4.69) is 16.7 Å². The summed E-state index contributed by atoms with van der Waals surface area (Å²) in [5.41, 5.74) is 2.37. The zero-order valence-corrected chi connectivity index (χ0v) is 14.9. The van der Waals surface area contributed by atoms with E-state index < -0.39 is 12.1 Å². The highest BCUT2D eigenvalue weighted by Gasteiger charge is 2.52. The molecule has 1 saturated heterocycles. The Kier molecular flexibility index (Phi) is 4.42. The number of rotatable bonds is 3. The number of nitrogens with one attached hydrogen (secondary N) is 2. The van der Waals surface area contributed by atoms with Crippen LogP contribution in [0.1, 0.15) is 40.4 Å². The molecule has 1 fully saturated rings. The summed E-state index contributed by atoms with van der Waals surface area (Å²) in [4.78, 5) is 12.9. The standard InChI is InChI=1S/C21H24N2O3/c1-26-17-9-5-3-7-15(17)20(25)23-18-14-6-2-4-8-16(14)21(19(18)24)10-12-22-13-11-21/h2-9,18-19,22,24H,10-13H2,1H3,(H,23,25)/t18-,19+/m1/s1. The van der Waals surface area contributed by atoms with E-state index in [0.717, 1.165) is 31.5 Å². The molecule has 1 spiro atoms. The molecule has 5 heteroatoms. The fourth-order valence-corrected chi connectivity index (χ4v) is 4.52. The molecule has 2 atom stereocenters. The highest BCUT2D eigenvalue weighted by molar-refractivity contribution is 5.97. The lowest BCUT2D eigenvalue weighted by Crippen LogP contribution is -2.48. The van der Waals surface area contributed by atoms with Crippen LogP contribution in [0.2, 0.25) is 0 Å². The van der Waals surface area contributed by atoms with E-state index in [1.165, 1.54) is 5.56 Å². The number of hydrogen-bond acceptors (Lipinski definition) is 4. The zero-order valence-electron chi connectivity index (χ0n) is 14.9. The normalized spacial score (nSPS) is 23.5. The molecule has 1 aliphatic carbocycles. The first-order chi connectivity index (χ1) is 12.7. The summed E-state index contributed by atoms with van der Waals surface area (Å²) in [6.45, 7) is 1.75. The lowest BCUT2D eigenvalue weighted by atomic mass is 9.72. The van der Waals surface area contributed by atoms with Crippen molar-refractivity contribution in [2.24, 2.45) is 0 Å². The molecule has 2 aliphatic rings. The lowest BCUT2D eigenvalue weighted by Gasteiger charge is -2.38. The van der Waals surface area contributed by atoms with Crippen molar-refractivity contribution in [1.29, 1.82) is 0 Å². The minimum Gasteiger partial charge on any atom is -0.496 e. The van der Waals surface area contributed by atoms with Gasteiger partial charge in [0.25, 0.3) is 5.91 Å². The molecule has 1 amide bonds. The molecule has 3 N–H and O–H groups in total. The Bertz CT molecular complexity index is 814. The van der Waals surface area contributed by atoms with E-state index in [9.17, 15) is 9.90 Å². The molecule has 0 radical (unpaired) electrons. The van der Waals surface area contributed by atoms with E-state index >= 15 is 0 Å². The zero-order chi connectivity index (χ0) is 18.1. The van der Waals surface area contributed by atoms with Crippen LogP contribution < -0.4 is 15.4 Å². The van der Waals surface area contributed by atoms with Crippen LogP contribution in [0.15, 0.2) is 48.5 Å². The maximum absolute atomic E-state index is 12.9. The second-order valence-electron chi connectivity index (χ2n) is 7.09. The van der Waals surface area contributed by atoms with E-state index in [4.69, 9.17) is 4.74 Å². The summed E-state index contributed by atoms with van der Waals surface area (Å²) in [5.74, 6) is 0.301. The quantitative estimate of drug-likeness (QED) is 0.792. The molecule has 0 unspecified atom stereocenters.